The number of nitrogens with one attached hydrogen (secondary N) is 1. The van der Waals surface area contributed by atoms with Gasteiger partial charge in [-0.2, -0.15) is 0 Å². The van der Waals surface area contributed by atoms with Crippen molar-refractivity contribution >= 4 is 5.97 Å². The number of allylic oxidation sites excluding steroid dienone is 2. The van der Waals surface area contributed by atoms with Gasteiger partial charge in [0.1, 0.15) is 5.70 Å². The lowest BCUT2D eigenvalue weighted by molar-refractivity contribution is -0.133. The fourth-order valence-corrected chi connectivity index (χ4v) is 4.23. The molecule has 0 aromatic rings. The lowest BCUT2D eigenvalue weighted by Crippen LogP contribution is -2.49. The lowest BCUT2D eigenvalue weighted by Gasteiger charge is -2.39. The molecule has 1 unspecified atom stereocenters. The fraction of sp³-hybridized carbons (Fsp3) is 0.737. The Bertz CT molecular complexity index is 524. The van der Waals surface area contributed by atoms with E-state index < -0.39 is 5.97 Å². The zero-order valence-corrected chi connectivity index (χ0v) is 15.5. The molecule has 2 fully saturated rings. The molecule has 6 heteroatoms. The number of hydrogen-bond donors (Lipinski definition) is 2. The number of hydrogen-bond acceptors (Lipinski definition) is 5. The third-order valence-corrected chi connectivity index (χ3v) is 5.79. The van der Waals surface area contributed by atoms with Crippen molar-refractivity contribution in [2.45, 2.75) is 51.4 Å². The van der Waals surface area contributed by atoms with Crippen molar-refractivity contribution < 1.29 is 9.90 Å². The van der Waals surface area contributed by atoms with Crippen molar-refractivity contribution in [3.8, 4) is 0 Å². The van der Waals surface area contributed by atoms with Crippen LogP contribution in [0.15, 0.2) is 23.9 Å². The minimum atomic E-state index is -0.886. The molecular formula is C19H32N4O2. The maximum Gasteiger partial charge on any atom is 0.352 e. The van der Waals surface area contributed by atoms with E-state index in [0.717, 1.165) is 32.6 Å². The Balaban J connectivity index is 1.51. The lowest BCUT2D eigenvalue weighted by atomic mass is 10.0. The number of carboxylic acid groups (broad SMARTS) is 1. The van der Waals surface area contributed by atoms with E-state index in [2.05, 4.69) is 39.9 Å². The second kappa shape index (κ2) is 8.34. The van der Waals surface area contributed by atoms with Gasteiger partial charge in [0.05, 0.1) is 6.17 Å². The molecule has 3 aliphatic rings. The van der Waals surface area contributed by atoms with E-state index in [4.69, 9.17) is 0 Å². The molecule has 0 spiro atoms. The fourth-order valence-electron chi connectivity index (χ4n) is 4.23. The molecule has 0 aliphatic carbocycles. The van der Waals surface area contributed by atoms with Crippen LogP contribution in [0.4, 0.5) is 0 Å². The van der Waals surface area contributed by atoms with Crippen molar-refractivity contribution in [1.82, 2.24) is 20.0 Å². The average Bonchev–Trinajstić information content (AvgIpc) is 2.88. The Morgan fingerprint density at radius 2 is 1.80 bits per heavy atom. The molecule has 0 saturated carbocycles. The number of piperidine rings is 1. The van der Waals surface area contributed by atoms with E-state index in [1.165, 1.54) is 25.9 Å². The summed E-state index contributed by atoms with van der Waals surface area (Å²) in [6.07, 6.45) is 9.22. The first kappa shape index (κ1) is 18.4. The third kappa shape index (κ3) is 4.63. The van der Waals surface area contributed by atoms with Crippen molar-refractivity contribution in [3.63, 3.8) is 0 Å². The molecule has 0 aromatic heterocycles. The minimum Gasteiger partial charge on any atom is -0.477 e. The van der Waals surface area contributed by atoms with E-state index in [1.54, 1.807) is 6.08 Å². The molecule has 0 radical (unpaired) electrons. The molecule has 0 bridgehead atoms. The van der Waals surface area contributed by atoms with Crippen LogP contribution in [0.2, 0.25) is 0 Å². The minimum absolute atomic E-state index is 0.00108. The van der Waals surface area contributed by atoms with Crippen LogP contribution >= 0.6 is 0 Å². The van der Waals surface area contributed by atoms with Crippen molar-refractivity contribution in [2.24, 2.45) is 0 Å². The topological polar surface area (TPSA) is 59.0 Å². The van der Waals surface area contributed by atoms with Crippen LogP contribution in [0.25, 0.3) is 0 Å². The van der Waals surface area contributed by atoms with Crippen LogP contribution in [0.3, 0.4) is 0 Å². The number of likely N-dealkylation sites (tertiary alicyclic amines) is 1. The highest BCUT2D eigenvalue weighted by molar-refractivity contribution is 5.86. The largest absolute Gasteiger partial charge is 0.477 e. The Morgan fingerprint density at radius 1 is 1.12 bits per heavy atom. The SMILES string of the molecule is CC(C)N1CCC(N2CCCN(C3C=CC=C(C(=O)O)N3)CC2)CC1. The highest BCUT2D eigenvalue weighted by atomic mass is 16.4. The monoisotopic (exact) mass is 348 g/mol. The molecule has 6 nitrogen and oxygen atoms in total. The first-order valence-electron chi connectivity index (χ1n) is 9.65. The summed E-state index contributed by atoms with van der Waals surface area (Å²) >= 11 is 0. The van der Waals surface area contributed by atoms with Crippen molar-refractivity contribution in [2.75, 3.05) is 39.3 Å². The van der Waals surface area contributed by atoms with Crippen LogP contribution in [0.1, 0.15) is 33.1 Å². The number of carbonyl (C=O) groups is 1. The van der Waals surface area contributed by atoms with Gasteiger partial charge in [-0.3, -0.25) is 9.80 Å². The van der Waals surface area contributed by atoms with Gasteiger partial charge < -0.3 is 15.3 Å². The average molecular weight is 348 g/mol. The van der Waals surface area contributed by atoms with E-state index in [0.29, 0.717) is 12.1 Å². The summed E-state index contributed by atoms with van der Waals surface area (Å²) in [5.74, 6) is -0.886. The van der Waals surface area contributed by atoms with Gasteiger partial charge in [0, 0.05) is 31.7 Å². The zero-order valence-electron chi connectivity index (χ0n) is 15.5. The standard InChI is InChI=1S/C19H32N4O2/c1-15(2)21-11-7-16(8-12-21)22-9-4-10-23(14-13-22)18-6-3-5-17(20-18)19(24)25/h3,5-6,15-16,18,20H,4,7-14H2,1-2H3,(H,24,25). The second-order valence-corrected chi connectivity index (χ2v) is 7.65. The summed E-state index contributed by atoms with van der Waals surface area (Å²) in [5.41, 5.74) is 0.287. The Labute approximate surface area is 151 Å². The third-order valence-electron chi connectivity index (χ3n) is 5.79. The normalized spacial score (nSPS) is 27.8. The van der Waals surface area contributed by atoms with Gasteiger partial charge in [-0.15, -0.1) is 0 Å². The molecule has 2 N–H and O–H groups in total. The summed E-state index contributed by atoms with van der Waals surface area (Å²) in [6.45, 7) is 11.2. The smallest absolute Gasteiger partial charge is 0.352 e. The molecule has 1 atom stereocenters. The van der Waals surface area contributed by atoms with E-state index in [-0.39, 0.29) is 11.9 Å². The Morgan fingerprint density at radius 3 is 2.48 bits per heavy atom. The van der Waals surface area contributed by atoms with E-state index >= 15 is 0 Å². The maximum atomic E-state index is 11.2. The number of rotatable bonds is 4. The second-order valence-electron chi connectivity index (χ2n) is 7.65. The van der Waals surface area contributed by atoms with Crippen LogP contribution < -0.4 is 5.32 Å². The summed E-state index contributed by atoms with van der Waals surface area (Å²) in [6, 6.07) is 1.36. The summed E-state index contributed by atoms with van der Waals surface area (Å²) in [4.78, 5) is 18.8. The van der Waals surface area contributed by atoms with Gasteiger partial charge in [0.25, 0.3) is 0 Å². The first-order valence-corrected chi connectivity index (χ1v) is 9.65. The van der Waals surface area contributed by atoms with Gasteiger partial charge in [-0.05, 0) is 64.9 Å². The molecule has 0 amide bonds. The van der Waals surface area contributed by atoms with Gasteiger partial charge in [-0.25, -0.2) is 4.79 Å². The molecular weight excluding hydrogens is 316 g/mol. The van der Waals surface area contributed by atoms with Crippen LogP contribution in [0, 0.1) is 0 Å². The van der Waals surface area contributed by atoms with Crippen LogP contribution in [0.5, 0.6) is 0 Å². The quantitative estimate of drug-likeness (QED) is 0.799. The summed E-state index contributed by atoms with van der Waals surface area (Å²) < 4.78 is 0. The Hall–Kier alpha value is -1.37. The molecule has 25 heavy (non-hydrogen) atoms. The molecule has 3 aliphatic heterocycles. The van der Waals surface area contributed by atoms with E-state index in [9.17, 15) is 9.90 Å². The van der Waals surface area contributed by atoms with Crippen molar-refractivity contribution in [1.29, 1.82) is 0 Å². The van der Waals surface area contributed by atoms with Crippen LogP contribution in [-0.2, 0) is 4.79 Å². The highest BCUT2D eigenvalue weighted by Gasteiger charge is 2.29. The van der Waals surface area contributed by atoms with Crippen molar-refractivity contribution in [3.05, 3.63) is 23.9 Å². The van der Waals surface area contributed by atoms with Gasteiger partial charge in [0.15, 0.2) is 0 Å². The van der Waals surface area contributed by atoms with E-state index in [1.807, 2.05) is 6.08 Å². The molecule has 0 aromatic carbocycles. The summed E-state index contributed by atoms with van der Waals surface area (Å²) in [5, 5.41) is 12.3. The van der Waals surface area contributed by atoms with Crippen LogP contribution in [-0.4, -0.2) is 83.3 Å². The zero-order chi connectivity index (χ0) is 17.8. The first-order chi connectivity index (χ1) is 12.0. The summed E-state index contributed by atoms with van der Waals surface area (Å²) in [7, 11) is 0. The maximum absolute atomic E-state index is 11.2. The molecule has 2 saturated heterocycles. The molecule has 140 valence electrons. The number of nitrogens with zero attached hydrogens (tertiary/aromatic N) is 3. The van der Waals surface area contributed by atoms with Gasteiger partial charge in [-0.1, -0.05) is 6.08 Å². The Kier molecular flexibility index (Phi) is 6.15. The van der Waals surface area contributed by atoms with Gasteiger partial charge >= 0.3 is 5.97 Å². The number of dihydropyridines is 1. The molecule has 3 heterocycles. The van der Waals surface area contributed by atoms with Gasteiger partial charge in [0.2, 0.25) is 0 Å². The predicted molar refractivity (Wildman–Crippen MR) is 99.3 cm³/mol. The highest BCUT2D eigenvalue weighted by Crippen LogP contribution is 2.20. The predicted octanol–water partition coefficient (Wildman–Crippen LogP) is 1.32. The number of carboxylic acids is 1. The molecule has 3 rings (SSSR count). The number of aliphatic carboxylic acids is 1.